The molecule has 192 valence electrons. The van der Waals surface area contributed by atoms with Gasteiger partial charge in [0.15, 0.2) is 0 Å². The maximum Gasteiger partial charge on any atom is 0.340 e. The summed E-state index contributed by atoms with van der Waals surface area (Å²) in [5.74, 6) is 0.0314. The first kappa shape index (κ1) is 26.7. The third-order valence-corrected chi connectivity index (χ3v) is 8.17. The summed E-state index contributed by atoms with van der Waals surface area (Å²) in [6, 6.07) is 9.94. The lowest BCUT2D eigenvalue weighted by Gasteiger charge is -2.26. The van der Waals surface area contributed by atoms with Crippen molar-refractivity contribution < 1.29 is 35.3 Å². The molecule has 0 unspecified atom stereocenters. The average molecular weight is 529 g/mol. The van der Waals surface area contributed by atoms with Crippen LogP contribution in [0.2, 0.25) is 0 Å². The Balaban J connectivity index is 1.76. The molecule has 0 bridgehead atoms. The van der Waals surface area contributed by atoms with Gasteiger partial charge < -0.3 is 19.4 Å². The highest BCUT2D eigenvalue weighted by atomic mass is 32.2. The Hall–Kier alpha value is -2.91. The second kappa shape index (κ2) is 11.7. The van der Waals surface area contributed by atoms with E-state index in [0.717, 1.165) is 0 Å². The van der Waals surface area contributed by atoms with Gasteiger partial charge in [0.05, 0.1) is 26.4 Å². The van der Waals surface area contributed by atoms with Gasteiger partial charge in [-0.05, 0) is 36.8 Å². The molecule has 1 aliphatic heterocycles. The quantitative estimate of drug-likeness (QED) is 0.125. The lowest BCUT2D eigenvalue weighted by atomic mass is 10.2. The second-order valence-electron chi connectivity index (χ2n) is 7.55. The van der Waals surface area contributed by atoms with E-state index in [1.807, 2.05) is 0 Å². The number of hydroxylamine groups is 1. The first-order valence-corrected chi connectivity index (χ1v) is 13.5. The average Bonchev–Trinajstić information content (AvgIpc) is 2.81. The number of hydrogen-bond acceptors (Lipinski definition) is 9. The molecule has 0 spiro atoms. The number of nitrogens with two attached hydrogens (primary N) is 1. The topological polar surface area (TPSA) is 170 Å². The fraction of sp³-hybridized carbons (Fsp3) is 0.381. The summed E-state index contributed by atoms with van der Waals surface area (Å²) >= 11 is 0. The van der Waals surface area contributed by atoms with Gasteiger partial charge in [-0.2, -0.15) is 12.7 Å². The van der Waals surface area contributed by atoms with Gasteiger partial charge >= 0.3 is 10.1 Å². The van der Waals surface area contributed by atoms with Crippen LogP contribution < -0.4 is 20.1 Å². The molecule has 2 aromatic carbocycles. The van der Waals surface area contributed by atoms with E-state index < -0.39 is 25.0 Å². The minimum atomic E-state index is -4.49. The predicted octanol–water partition coefficient (Wildman–Crippen LogP) is 0.967. The van der Waals surface area contributed by atoms with Crippen LogP contribution >= 0.6 is 0 Å². The Morgan fingerprint density at radius 2 is 1.71 bits per heavy atom. The molecule has 1 heterocycles. The number of sulfonamides is 1. The van der Waals surface area contributed by atoms with Crippen molar-refractivity contribution in [3.8, 4) is 11.5 Å². The van der Waals surface area contributed by atoms with Gasteiger partial charge in [-0.15, -0.1) is 0 Å². The molecule has 1 fully saturated rings. The summed E-state index contributed by atoms with van der Waals surface area (Å²) in [5, 5.41) is 7.00. The molecular formula is C21H28N4O8S2. The molecule has 0 atom stereocenters. The number of ether oxygens (including phenoxy) is 2. The molecule has 14 heteroatoms. The molecule has 2 aromatic rings. The molecule has 35 heavy (non-hydrogen) atoms. The summed E-state index contributed by atoms with van der Waals surface area (Å²) in [4.78, 5) is 4.13. The van der Waals surface area contributed by atoms with Crippen LogP contribution in [0.1, 0.15) is 12.0 Å². The largest absolute Gasteiger partial charge is 0.493 e. The van der Waals surface area contributed by atoms with Crippen LogP contribution in [-0.4, -0.2) is 66.6 Å². The number of nitrogens with zero attached hydrogens (tertiary/aromatic N) is 1. The van der Waals surface area contributed by atoms with E-state index in [2.05, 4.69) is 5.48 Å². The third-order valence-electron chi connectivity index (χ3n) is 4.78. The summed E-state index contributed by atoms with van der Waals surface area (Å²) < 4.78 is 69.9. The van der Waals surface area contributed by atoms with Crippen molar-refractivity contribution in [1.29, 1.82) is 5.41 Å². The molecule has 0 saturated carbocycles. The smallest absolute Gasteiger partial charge is 0.340 e. The summed E-state index contributed by atoms with van der Waals surface area (Å²) in [6.45, 7) is 2.95. The maximum atomic E-state index is 13.1. The van der Waals surface area contributed by atoms with Crippen molar-refractivity contribution in [2.45, 2.75) is 23.1 Å². The highest BCUT2D eigenvalue weighted by Gasteiger charge is 2.33. The highest BCUT2D eigenvalue weighted by Crippen LogP contribution is 2.29. The van der Waals surface area contributed by atoms with Crippen LogP contribution in [0.15, 0.2) is 52.3 Å². The van der Waals surface area contributed by atoms with Crippen molar-refractivity contribution >= 4 is 26.1 Å². The van der Waals surface area contributed by atoms with E-state index in [9.17, 15) is 16.8 Å². The van der Waals surface area contributed by atoms with Gasteiger partial charge in [0.1, 0.15) is 21.3 Å². The molecule has 12 nitrogen and oxygen atoms in total. The van der Waals surface area contributed by atoms with Crippen LogP contribution in [0.25, 0.3) is 0 Å². The second-order valence-corrected chi connectivity index (χ2v) is 11.0. The lowest BCUT2D eigenvalue weighted by Crippen LogP contribution is -2.41. The van der Waals surface area contributed by atoms with Crippen LogP contribution in [0.3, 0.4) is 0 Å². The fourth-order valence-electron chi connectivity index (χ4n) is 3.26. The first-order chi connectivity index (χ1) is 16.6. The number of guanidine groups is 1. The van der Waals surface area contributed by atoms with Gasteiger partial charge in [0, 0.05) is 25.6 Å². The van der Waals surface area contributed by atoms with E-state index in [4.69, 9.17) is 29.6 Å². The van der Waals surface area contributed by atoms with Crippen molar-refractivity contribution in [3.63, 3.8) is 0 Å². The van der Waals surface area contributed by atoms with Crippen LogP contribution in [0.5, 0.6) is 11.5 Å². The molecule has 1 aliphatic rings. The Bertz CT molecular complexity index is 1250. The maximum absolute atomic E-state index is 13.1. The number of morpholine rings is 1. The lowest BCUT2D eigenvalue weighted by molar-refractivity contribution is 0.0729. The van der Waals surface area contributed by atoms with Crippen LogP contribution in [0, 0.1) is 12.3 Å². The minimum absolute atomic E-state index is 0.0203. The molecule has 0 aliphatic carbocycles. The SMILES string of the molecule is Cc1cc(OCCCONC(=N)N)cc(OS(=O)(=O)c2ccccc2S(=O)(=O)N2CCOCC2)c1. The van der Waals surface area contributed by atoms with Crippen molar-refractivity contribution in [1.82, 2.24) is 9.79 Å². The van der Waals surface area contributed by atoms with E-state index in [1.54, 1.807) is 13.0 Å². The van der Waals surface area contributed by atoms with E-state index in [-0.39, 0.29) is 56.1 Å². The molecule has 1 saturated heterocycles. The van der Waals surface area contributed by atoms with Gasteiger partial charge in [-0.1, -0.05) is 12.1 Å². The third kappa shape index (κ3) is 7.29. The molecule has 0 aromatic heterocycles. The Labute approximate surface area is 204 Å². The van der Waals surface area contributed by atoms with Crippen LogP contribution in [0.4, 0.5) is 0 Å². The molecule has 0 radical (unpaired) electrons. The predicted molar refractivity (Wildman–Crippen MR) is 126 cm³/mol. The summed E-state index contributed by atoms with van der Waals surface area (Å²) in [7, 11) is -8.57. The summed E-state index contributed by atoms with van der Waals surface area (Å²) in [5.41, 5.74) is 7.99. The number of aryl methyl sites for hydroxylation is 1. The Morgan fingerprint density at radius 3 is 2.40 bits per heavy atom. The summed E-state index contributed by atoms with van der Waals surface area (Å²) in [6.07, 6.45) is 0.468. The van der Waals surface area contributed by atoms with E-state index in [1.165, 1.54) is 40.7 Å². The van der Waals surface area contributed by atoms with E-state index >= 15 is 0 Å². The van der Waals surface area contributed by atoms with Gasteiger partial charge in [0.2, 0.25) is 16.0 Å². The van der Waals surface area contributed by atoms with E-state index in [0.29, 0.717) is 17.7 Å². The van der Waals surface area contributed by atoms with Crippen molar-refractivity contribution in [2.24, 2.45) is 5.73 Å². The highest BCUT2D eigenvalue weighted by molar-refractivity contribution is 7.91. The number of rotatable bonds is 11. The monoisotopic (exact) mass is 528 g/mol. The fourth-order valence-corrected chi connectivity index (χ4v) is 6.36. The molecule has 0 amide bonds. The van der Waals surface area contributed by atoms with Crippen molar-refractivity contribution in [2.75, 3.05) is 39.5 Å². The molecular weight excluding hydrogens is 500 g/mol. The Kier molecular flexibility index (Phi) is 8.91. The minimum Gasteiger partial charge on any atom is -0.493 e. The number of nitrogens with one attached hydrogen (secondary N) is 2. The Morgan fingerprint density at radius 1 is 1.06 bits per heavy atom. The number of benzene rings is 2. The van der Waals surface area contributed by atoms with Gasteiger partial charge in [-0.3, -0.25) is 10.2 Å². The normalized spacial score (nSPS) is 14.9. The van der Waals surface area contributed by atoms with Gasteiger partial charge in [0.25, 0.3) is 0 Å². The van der Waals surface area contributed by atoms with Gasteiger partial charge in [-0.25, -0.2) is 13.9 Å². The first-order valence-electron chi connectivity index (χ1n) is 10.7. The number of hydrogen-bond donors (Lipinski definition) is 3. The molecule has 4 N–H and O–H groups in total. The zero-order chi connectivity index (χ0) is 25.5. The standard InChI is InChI=1S/C21H28N4O8S2/c1-16-13-17(31-9-4-10-32-24-21(22)23)15-18(14-16)33-35(28,29)20-6-3-2-5-19(20)34(26,27)25-7-11-30-12-8-25/h2-3,5-6,13-15H,4,7-12H2,1H3,(H4,22,23,24). The zero-order valence-electron chi connectivity index (χ0n) is 19.1. The molecule has 3 rings (SSSR count). The van der Waals surface area contributed by atoms with Crippen molar-refractivity contribution in [3.05, 3.63) is 48.0 Å². The van der Waals surface area contributed by atoms with Crippen LogP contribution in [-0.2, 0) is 29.7 Å². The zero-order valence-corrected chi connectivity index (χ0v) is 20.7.